The molecule has 1 heterocycles. The second-order valence-corrected chi connectivity index (χ2v) is 23.9. The van der Waals surface area contributed by atoms with Gasteiger partial charge in [0, 0.05) is 22.3 Å². The van der Waals surface area contributed by atoms with E-state index in [1.807, 2.05) is 0 Å². The smallest absolute Gasteiger partial charge is 0.493 e. The molecule has 78 heavy (non-hydrogen) atoms. The Kier molecular flexibility index (Phi) is 54.1. The van der Waals surface area contributed by atoms with Gasteiger partial charge in [0.1, 0.15) is 0 Å². The average molecular weight is 1120 g/mol. The fourth-order valence-corrected chi connectivity index (χ4v) is 11.5. The second-order valence-electron chi connectivity index (χ2n) is 23.9. The molecule has 0 spiro atoms. The van der Waals surface area contributed by atoms with E-state index in [0.717, 1.165) is 62.8 Å². The molecular formula is C75H132N2Ni. The molecule has 0 amide bonds. The summed E-state index contributed by atoms with van der Waals surface area (Å²) in [5.41, 5.74) is 25.6. The van der Waals surface area contributed by atoms with E-state index in [9.17, 15) is 5.53 Å². The molecule has 0 atom stereocenters. The number of allylic oxidation sites excluding steroid dienone is 2. The summed E-state index contributed by atoms with van der Waals surface area (Å²) in [4.78, 5) is 0. The van der Waals surface area contributed by atoms with Gasteiger partial charge in [0.2, 0.25) is 11.4 Å². The summed E-state index contributed by atoms with van der Waals surface area (Å²) in [5.74, 6) is 0. The maximum Gasteiger partial charge on any atom is 2.00 e. The predicted octanol–water partition coefficient (Wildman–Crippen LogP) is 26.4. The summed E-state index contributed by atoms with van der Waals surface area (Å²) in [6, 6.07) is 14.7. The number of rotatable bonds is 49. The van der Waals surface area contributed by atoms with E-state index in [-0.39, 0.29) is 16.5 Å². The number of aryl methyl sites for hydroxylation is 4. The van der Waals surface area contributed by atoms with Crippen LogP contribution in [0.2, 0.25) is 0 Å². The Morgan fingerprint density at radius 3 is 0.769 bits per heavy atom. The molecule has 0 fully saturated rings. The van der Waals surface area contributed by atoms with Crippen LogP contribution >= 0.6 is 0 Å². The van der Waals surface area contributed by atoms with Crippen molar-refractivity contribution in [3.8, 4) is 0 Å². The molecule has 3 rings (SSSR count). The number of benzene rings is 2. The van der Waals surface area contributed by atoms with E-state index < -0.39 is 0 Å². The molecule has 2 nitrogen and oxygen atoms in total. The van der Waals surface area contributed by atoms with E-state index in [1.165, 1.54) is 308 Å². The van der Waals surface area contributed by atoms with Gasteiger partial charge in [-0.3, -0.25) is 0 Å². The zero-order valence-electron chi connectivity index (χ0n) is 53.7. The van der Waals surface area contributed by atoms with Crippen molar-refractivity contribution in [2.45, 2.75) is 370 Å². The van der Waals surface area contributed by atoms with Crippen LogP contribution in [0.25, 0.3) is 16.9 Å². The van der Waals surface area contributed by atoms with Gasteiger partial charge in [0.25, 0.3) is 0 Å². The Hall–Kier alpha value is -1.99. The summed E-state index contributed by atoms with van der Waals surface area (Å²) in [6.07, 6.45) is 64.2. The van der Waals surface area contributed by atoms with Crippen molar-refractivity contribution in [2.24, 2.45) is 0 Å². The Morgan fingerprint density at radius 2 is 0.500 bits per heavy atom. The monoisotopic (exact) mass is 1120 g/mol. The van der Waals surface area contributed by atoms with Crippen LogP contribution in [-0.2, 0) is 42.2 Å². The maximum atomic E-state index is 12.5. The van der Waals surface area contributed by atoms with Crippen LogP contribution < -0.4 is 0 Å². The normalized spacial score (nSPS) is 12.3. The zero-order valence-corrected chi connectivity index (χ0v) is 54.7. The van der Waals surface area contributed by atoms with Gasteiger partial charge < -0.3 is 19.4 Å². The minimum absolute atomic E-state index is 0. The number of nitrogens with zero attached hydrogens (tertiary/aromatic N) is 2. The molecule has 0 bridgehead atoms. The minimum Gasteiger partial charge on any atom is -0.493 e. The first kappa shape index (κ1) is 76.0. The van der Waals surface area contributed by atoms with Crippen molar-refractivity contribution in [1.82, 2.24) is 0 Å². The molecule has 3 heteroatoms. The third kappa shape index (κ3) is 37.2. The van der Waals surface area contributed by atoms with Gasteiger partial charge in [0.05, 0.1) is 0 Å². The van der Waals surface area contributed by atoms with Gasteiger partial charge in [-0.05, 0) is 117 Å². The SMILES string of the molecule is CCCCCCCCc1cc(CCCCC)cc(C2=C(CC)C(CCCCC)=C(c3cc(CCCCC)cc(CCCCCCCC)c3)[N+]2=[N-])c1.[CH2-]CCCCCCCCCCCC.[CH2-]CCCCCCCCCCCC.[Ni+2]. The Morgan fingerprint density at radius 1 is 0.282 bits per heavy atom. The minimum atomic E-state index is 0. The largest absolute Gasteiger partial charge is 2.00 e. The average Bonchev–Trinajstić information content (AvgIpc) is 3.86. The van der Waals surface area contributed by atoms with E-state index in [1.54, 1.807) is 4.70 Å². The predicted molar refractivity (Wildman–Crippen MR) is 349 cm³/mol. The third-order valence-corrected chi connectivity index (χ3v) is 16.4. The Bertz CT molecular complexity index is 1690. The number of hydrogen-bond acceptors (Lipinski definition) is 0. The van der Waals surface area contributed by atoms with E-state index in [0.29, 0.717) is 0 Å². The molecule has 1 aliphatic rings. The van der Waals surface area contributed by atoms with Gasteiger partial charge in [0.15, 0.2) is 0 Å². The first-order valence-electron chi connectivity index (χ1n) is 34.6. The van der Waals surface area contributed by atoms with Gasteiger partial charge >= 0.3 is 16.5 Å². The van der Waals surface area contributed by atoms with Crippen LogP contribution in [0, 0.1) is 13.8 Å². The number of hydrogen-bond donors (Lipinski definition) is 0. The van der Waals surface area contributed by atoms with Crippen LogP contribution in [0.3, 0.4) is 0 Å². The van der Waals surface area contributed by atoms with Crippen LogP contribution in [0.5, 0.6) is 0 Å². The van der Waals surface area contributed by atoms with Crippen LogP contribution in [-0.4, -0.2) is 4.70 Å². The fraction of sp³-hybridized carbons (Fsp3) is 0.760. The summed E-state index contributed by atoms with van der Waals surface area (Å²) >= 11 is 0. The molecule has 0 saturated heterocycles. The van der Waals surface area contributed by atoms with E-state index in [4.69, 9.17) is 0 Å². The summed E-state index contributed by atoms with van der Waals surface area (Å²) in [6.45, 7) is 26.1. The van der Waals surface area contributed by atoms with Crippen molar-refractivity contribution in [3.63, 3.8) is 0 Å². The molecule has 0 aromatic heterocycles. The Balaban J connectivity index is 0.00000180. The van der Waals surface area contributed by atoms with Crippen LogP contribution in [0.1, 0.15) is 378 Å². The molecule has 0 saturated carbocycles. The van der Waals surface area contributed by atoms with Crippen molar-refractivity contribution >= 4 is 11.4 Å². The summed E-state index contributed by atoms with van der Waals surface area (Å²) in [5, 5.41) is 0. The van der Waals surface area contributed by atoms with Crippen molar-refractivity contribution in [1.29, 1.82) is 0 Å². The van der Waals surface area contributed by atoms with Crippen LogP contribution in [0.4, 0.5) is 0 Å². The first-order chi connectivity index (χ1) is 37.8. The fourth-order valence-electron chi connectivity index (χ4n) is 11.5. The second kappa shape index (κ2) is 55.5. The van der Waals surface area contributed by atoms with Gasteiger partial charge in [-0.2, -0.15) is 12.8 Å². The van der Waals surface area contributed by atoms with E-state index in [2.05, 4.69) is 106 Å². The van der Waals surface area contributed by atoms with Crippen LogP contribution in [0.15, 0.2) is 47.5 Å². The molecule has 2 aromatic rings. The molecule has 0 N–H and O–H groups in total. The standard InChI is InChI=1S/C49H78N2.2C13H27.Ni/c1-7-13-18-20-22-27-31-42-34-40(29-24-15-9-3)36-44(37-42)48-46(12-6)47(33-26-17-11-5)49(51(48)50)45-38-41(30-25-16-10-4)35-43(39-45)32-28-23-21-19-14-8-2;2*1-3-5-7-9-11-13-12-10-8-6-4-2;/h34-39H,7-33H2,1-6H3;2*1,3-13H2,2H3;/q;2*-1;+2. The third-order valence-electron chi connectivity index (χ3n) is 16.4. The summed E-state index contributed by atoms with van der Waals surface area (Å²) in [7, 11) is 0. The molecule has 2 aromatic carbocycles. The quantitative estimate of drug-likeness (QED) is 0.0273. The molecule has 1 aliphatic heterocycles. The molecule has 0 unspecified atom stereocenters. The van der Waals surface area contributed by atoms with Crippen molar-refractivity contribution in [2.75, 3.05) is 0 Å². The maximum absolute atomic E-state index is 12.5. The van der Waals surface area contributed by atoms with Gasteiger partial charge in [-0.1, -0.05) is 299 Å². The number of unbranched alkanes of at least 4 members (excludes halogenated alkanes) is 36. The van der Waals surface area contributed by atoms with Crippen molar-refractivity contribution in [3.05, 3.63) is 100 Å². The molecular weight excluding hydrogens is 988 g/mol. The van der Waals surface area contributed by atoms with E-state index >= 15 is 0 Å². The first-order valence-corrected chi connectivity index (χ1v) is 34.6. The molecule has 0 aliphatic carbocycles. The summed E-state index contributed by atoms with van der Waals surface area (Å²) < 4.78 is 1.65. The Labute approximate surface area is 500 Å². The van der Waals surface area contributed by atoms with Crippen molar-refractivity contribution < 1.29 is 21.2 Å². The molecule has 452 valence electrons. The van der Waals surface area contributed by atoms with Gasteiger partial charge in [-0.25, -0.2) is 4.70 Å². The van der Waals surface area contributed by atoms with Gasteiger partial charge in [-0.15, -0.1) is 0 Å². The zero-order chi connectivity index (χ0) is 56.2. The topological polar surface area (TPSA) is 25.3 Å². The molecule has 0 radical (unpaired) electrons.